The Kier molecular flexibility index (Phi) is 2.44. The zero-order valence-corrected chi connectivity index (χ0v) is 7.18. The van der Waals surface area contributed by atoms with Gasteiger partial charge in [-0.25, -0.2) is 0 Å². The molecule has 0 radical (unpaired) electrons. The lowest BCUT2D eigenvalue weighted by molar-refractivity contribution is 0.109. The third-order valence-electron chi connectivity index (χ3n) is 2.95. The maximum atomic E-state index is 3.45. The van der Waals surface area contributed by atoms with Crippen molar-refractivity contribution < 1.29 is 0 Å². The van der Waals surface area contributed by atoms with E-state index in [1.165, 1.54) is 51.9 Å². The highest BCUT2D eigenvalue weighted by Crippen LogP contribution is 2.18. The number of nitrogens with one attached hydrogen (secondary N) is 1. The van der Waals surface area contributed by atoms with Gasteiger partial charge in [-0.05, 0) is 51.9 Å². The van der Waals surface area contributed by atoms with Gasteiger partial charge >= 0.3 is 0 Å². The zero-order valence-electron chi connectivity index (χ0n) is 7.18. The topological polar surface area (TPSA) is 15.3 Å². The van der Waals surface area contributed by atoms with Gasteiger partial charge in [0.05, 0.1) is 0 Å². The van der Waals surface area contributed by atoms with Gasteiger partial charge < -0.3 is 10.2 Å². The Morgan fingerprint density at radius 3 is 2.64 bits per heavy atom. The molecule has 2 aliphatic rings. The van der Waals surface area contributed by atoms with E-state index in [1.54, 1.807) is 0 Å². The van der Waals surface area contributed by atoms with Gasteiger partial charge in [0.15, 0.2) is 0 Å². The maximum Gasteiger partial charge on any atom is 0.0108 e. The van der Waals surface area contributed by atoms with Gasteiger partial charge in [0.25, 0.3) is 0 Å². The number of rotatable bonds is 1. The molecule has 2 aliphatic heterocycles. The van der Waals surface area contributed by atoms with Gasteiger partial charge in [0.2, 0.25) is 0 Å². The molecule has 11 heavy (non-hydrogen) atoms. The van der Waals surface area contributed by atoms with E-state index in [2.05, 4.69) is 10.2 Å². The van der Waals surface area contributed by atoms with Gasteiger partial charge in [-0.2, -0.15) is 0 Å². The number of hydrogen-bond donors (Lipinski definition) is 1. The minimum atomic E-state index is 0.916. The smallest absolute Gasteiger partial charge is 0.0108 e. The molecule has 2 heterocycles. The second-order valence-corrected chi connectivity index (χ2v) is 3.72. The van der Waals surface area contributed by atoms with Crippen LogP contribution in [0, 0.1) is 0 Å². The van der Waals surface area contributed by atoms with Crippen LogP contribution in [0.3, 0.4) is 0 Å². The van der Waals surface area contributed by atoms with E-state index in [0.717, 1.165) is 6.04 Å². The monoisotopic (exact) mass is 154 g/mol. The van der Waals surface area contributed by atoms with Crippen LogP contribution >= 0.6 is 0 Å². The van der Waals surface area contributed by atoms with Crippen LogP contribution < -0.4 is 5.32 Å². The second kappa shape index (κ2) is 3.55. The Labute approximate surface area is 69.0 Å². The van der Waals surface area contributed by atoms with Crippen LogP contribution in [0.15, 0.2) is 0 Å². The summed E-state index contributed by atoms with van der Waals surface area (Å²) in [5, 5.41) is 3.45. The average molecular weight is 154 g/mol. The highest BCUT2D eigenvalue weighted by molar-refractivity contribution is 4.80. The van der Waals surface area contributed by atoms with E-state index in [0.29, 0.717) is 0 Å². The fraction of sp³-hybridized carbons (Fsp3) is 1.00. The summed E-state index contributed by atoms with van der Waals surface area (Å²) in [6.45, 7) is 5.21. The molecule has 1 atom stereocenters. The molecule has 2 nitrogen and oxygen atoms in total. The van der Waals surface area contributed by atoms with Gasteiger partial charge in [0.1, 0.15) is 0 Å². The first kappa shape index (κ1) is 7.56. The molecule has 1 N–H and O–H groups in total. The summed E-state index contributed by atoms with van der Waals surface area (Å²) in [5.41, 5.74) is 0. The summed E-state index contributed by atoms with van der Waals surface area (Å²) < 4.78 is 0. The van der Waals surface area contributed by atoms with Crippen molar-refractivity contribution >= 4 is 0 Å². The van der Waals surface area contributed by atoms with Gasteiger partial charge in [-0.3, -0.25) is 0 Å². The van der Waals surface area contributed by atoms with Gasteiger partial charge in [0, 0.05) is 6.04 Å². The lowest BCUT2D eigenvalue weighted by Gasteiger charge is -2.37. The predicted octanol–water partition coefficient (Wildman–Crippen LogP) is 0.834. The van der Waals surface area contributed by atoms with Crippen LogP contribution in [0.1, 0.15) is 25.7 Å². The van der Waals surface area contributed by atoms with Crippen molar-refractivity contribution in [2.24, 2.45) is 0 Å². The quantitative estimate of drug-likeness (QED) is 0.602. The third-order valence-corrected chi connectivity index (χ3v) is 2.95. The molecule has 0 aromatic rings. The zero-order chi connectivity index (χ0) is 7.52. The number of likely N-dealkylation sites (tertiary alicyclic amines) is 1. The molecule has 64 valence electrons. The van der Waals surface area contributed by atoms with Crippen LogP contribution in [-0.2, 0) is 0 Å². The van der Waals surface area contributed by atoms with E-state index in [4.69, 9.17) is 0 Å². The lowest BCUT2D eigenvalue weighted by atomic mass is 10.0. The van der Waals surface area contributed by atoms with Crippen molar-refractivity contribution in [2.75, 3.05) is 26.2 Å². The summed E-state index contributed by atoms with van der Waals surface area (Å²) >= 11 is 0. The van der Waals surface area contributed by atoms with Crippen molar-refractivity contribution in [1.29, 1.82) is 0 Å². The van der Waals surface area contributed by atoms with Crippen LogP contribution in [0.4, 0.5) is 0 Å². The van der Waals surface area contributed by atoms with Crippen LogP contribution in [0.25, 0.3) is 0 Å². The minimum Gasteiger partial charge on any atom is -0.317 e. The van der Waals surface area contributed by atoms with Crippen LogP contribution in [0.5, 0.6) is 0 Å². The predicted molar refractivity (Wildman–Crippen MR) is 46.7 cm³/mol. The fourth-order valence-corrected chi connectivity index (χ4v) is 2.07. The summed E-state index contributed by atoms with van der Waals surface area (Å²) in [6.07, 6.45) is 5.61. The Balaban J connectivity index is 1.80. The molecule has 0 saturated carbocycles. The number of hydrogen-bond acceptors (Lipinski definition) is 2. The molecule has 2 saturated heterocycles. The van der Waals surface area contributed by atoms with Gasteiger partial charge in [-0.15, -0.1) is 0 Å². The highest BCUT2D eigenvalue weighted by Gasteiger charge is 2.23. The first-order valence-electron chi connectivity index (χ1n) is 4.91. The molecule has 0 spiro atoms. The van der Waals surface area contributed by atoms with E-state index in [-0.39, 0.29) is 0 Å². The molecular weight excluding hydrogens is 136 g/mol. The van der Waals surface area contributed by atoms with Crippen LogP contribution in [-0.4, -0.2) is 37.1 Å². The van der Waals surface area contributed by atoms with Crippen LogP contribution in [0.2, 0.25) is 0 Å². The van der Waals surface area contributed by atoms with Crippen molar-refractivity contribution in [3.63, 3.8) is 0 Å². The summed E-state index contributed by atoms with van der Waals surface area (Å²) in [6, 6.07) is 0.916. The first-order valence-corrected chi connectivity index (χ1v) is 4.91. The van der Waals surface area contributed by atoms with E-state index < -0.39 is 0 Å². The molecule has 0 aromatic carbocycles. The van der Waals surface area contributed by atoms with E-state index in [1.807, 2.05) is 0 Å². The second-order valence-electron chi connectivity index (χ2n) is 3.72. The van der Waals surface area contributed by atoms with Crippen molar-refractivity contribution in [3.8, 4) is 0 Å². The minimum absolute atomic E-state index is 0.916. The number of nitrogens with zero attached hydrogens (tertiary/aromatic N) is 1. The van der Waals surface area contributed by atoms with Gasteiger partial charge in [-0.1, -0.05) is 0 Å². The fourth-order valence-electron chi connectivity index (χ4n) is 2.07. The highest BCUT2D eigenvalue weighted by atomic mass is 15.2. The summed E-state index contributed by atoms with van der Waals surface area (Å²) in [7, 11) is 0. The van der Waals surface area contributed by atoms with E-state index >= 15 is 0 Å². The lowest BCUT2D eigenvalue weighted by Crippen LogP contribution is -2.45. The normalized spacial score (nSPS) is 34.4. The Morgan fingerprint density at radius 1 is 1.00 bits per heavy atom. The summed E-state index contributed by atoms with van der Waals surface area (Å²) in [5.74, 6) is 0. The van der Waals surface area contributed by atoms with Crippen molar-refractivity contribution in [3.05, 3.63) is 0 Å². The molecule has 2 fully saturated rings. The molecular formula is C9H18N2. The third kappa shape index (κ3) is 1.74. The Bertz CT molecular complexity index is 113. The Hall–Kier alpha value is -0.0800. The molecule has 0 amide bonds. The average Bonchev–Trinajstić information content (AvgIpc) is 2.12. The molecule has 0 bridgehead atoms. The van der Waals surface area contributed by atoms with Crippen molar-refractivity contribution in [1.82, 2.24) is 10.2 Å². The SMILES string of the molecule is C1CNCCC(N2CCC2)C1. The molecule has 1 unspecified atom stereocenters. The Morgan fingerprint density at radius 2 is 1.91 bits per heavy atom. The molecule has 0 aromatic heterocycles. The first-order chi connectivity index (χ1) is 5.47. The largest absolute Gasteiger partial charge is 0.317 e. The van der Waals surface area contributed by atoms with E-state index in [9.17, 15) is 0 Å². The van der Waals surface area contributed by atoms with Crippen molar-refractivity contribution in [2.45, 2.75) is 31.7 Å². The molecule has 0 aliphatic carbocycles. The maximum absolute atomic E-state index is 3.45. The standard InChI is InChI=1S/C9H18N2/c1-3-9(4-6-10-5-1)11-7-2-8-11/h9-10H,1-8H2. The molecule has 2 heteroatoms. The molecule has 2 rings (SSSR count). The summed E-state index contributed by atoms with van der Waals surface area (Å²) in [4.78, 5) is 2.65.